The fourth-order valence-electron chi connectivity index (χ4n) is 4.46. The molecule has 6 nitrogen and oxygen atoms in total. The number of amides is 2. The van der Waals surface area contributed by atoms with E-state index in [9.17, 15) is 14.0 Å². The van der Waals surface area contributed by atoms with E-state index in [1.54, 1.807) is 12.1 Å². The van der Waals surface area contributed by atoms with E-state index in [4.69, 9.17) is 0 Å². The Balaban J connectivity index is 1.66. The minimum Gasteiger partial charge on any atom is -0.334 e. The monoisotopic (exact) mass is 398 g/mol. The van der Waals surface area contributed by atoms with Crippen LogP contribution in [0.4, 0.5) is 10.1 Å². The van der Waals surface area contributed by atoms with Gasteiger partial charge in [-0.15, -0.1) is 0 Å². The third kappa shape index (κ3) is 3.78. The maximum absolute atomic E-state index is 14.0. The zero-order valence-electron chi connectivity index (χ0n) is 16.8. The van der Waals surface area contributed by atoms with Gasteiger partial charge in [0, 0.05) is 19.1 Å². The second-order valence-electron chi connectivity index (χ2n) is 7.83. The predicted octanol–water partition coefficient (Wildman–Crippen LogP) is 4.02. The van der Waals surface area contributed by atoms with Crippen molar-refractivity contribution in [1.29, 1.82) is 0 Å². The van der Waals surface area contributed by atoms with Gasteiger partial charge in [-0.3, -0.25) is 9.59 Å². The van der Waals surface area contributed by atoms with Crippen molar-refractivity contribution in [2.45, 2.75) is 64.5 Å². The van der Waals surface area contributed by atoms with E-state index in [1.165, 1.54) is 12.1 Å². The van der Waals surface area contributed by atoms with Crippen molar-refractivity contribution >= 4 is 17.5 Å². The molecule has 1 aromatic heterocycles. The normalized spacial score (nSPS) is 19.0. The maximum atomic E-state index is 14.0. The first-order valence-corrected chi connectivity index (χ1v) is 10.6. The number of likely N-dealkylation sites (tertiary alicyclic amines) is 1. The van der Waals surface area contributed by atoms with Crippen molar-refractivity contribution in [2.75, 3.05) is 11.9 Å². The van der Waals surface area contributed by atoms with E-state index in [1.807, 2.05) is 9.47 Å². The molecule has 2 aromatic rings. The molecule has 1 atom stereocenters. The Kier molecular flexibility index (Phi) is 5.65. The van der Waals surface area contributed by atoms with Crippen LogP contribution in [0.15, 0.2) is 24.3 Å². The highest BCUT2D eigenvalue weighted by atomic mass is 19.1. The molecule has 2 amide bonds. The summed E-state index contributed by atoms with van der Waals surface area (Å²) in [7, 11) is 0. The molecule has 1 aromatic carbocycles. The highest BCUT2D eigenvalue weighted by molar-refractivity contribution is 6.03. The number of aromatic nitrogens is 2. The number of nitrogens with zero attached hydrogens (tertiary/aromatic N) is 3. The van der Waals surface area contributed by atoms with E-state index in [-0.39, 0.29) is 23.5 Å². The summed E-state index contributed by atoms with van der Waals surface area (Å²) in [5.74, 6) is -0.867. The van der Waals surface area contributed by atoms with Gasteiger partial charge in [-0.25, -0.2) is 9.37 Å². The molecule has 0 bridgehead atoms. The van der Waals surface area contributed by atoms with Crippen LogP contribution in [0, 0.1) is 5.82 Å². The first-order valence-electron chi connectivity index (χ1n) is 10.6. The van der Waals surface area contributed by atoms with Crippen molar-refractivity contribution < 1.29 is 14.0 Å². The number of anilines is 1. The molecule has 2 aliphatic rings. The van der Waals surface area contributed by atoms with Crippen molar-refractivity contribution in [1.82, 2.24) is 14.5 Å². The van der Waals surface area contributed by atoms with Gasteiger partial charge in [-0.05, 0) is 57.1 Å². The number of carbonyl (C=O) groups excluding carboxylic acids is 2. The third-order valence-electron chi connectivity index (χ3n) is 6.00. The summed E-state index contributed by atoms with van der Waals surface area (Å²) in [5, 5.41) is 2.61. The average Bonchev–Trinajstić information content (AvgIpc) is 3.14. The fraction of sp³-hybridized carbons (Fsp3) is 0.500. The molecule has 0 spiro atoms. The number of fused-ring (bicyclic) bond motifs is 1. The Morgan fingerprint density at radius 1 is 1.17 bits per heavy atom. The highest BCUT2D eigenvalue weighted by Gasteiger charge is 2.33. The van der Waals surface area contributed by atoms with Crippen LogP contribution in [-0.4, -0.2) is 38.9 Å². The van der Waals surface area contributed by atoms with Crippen LogP contribution in [0.3, 0.4) is 0 Å². The lowest BCUT2D eigenvalue weighted by Crippen LogP contribution is -2.44. The van der Waals surface area contributed by atoms with Gasteiger partial charge >= 0.3 is 0 Å². The molecule has 0 radical (unpaired) electrons. The molecule has 1 saturated heterocycles. The quantitative estimate of drug-likeness (QED) is 0.846. The number of imidazole rings is 1. The van der Waals surface area contributed by atoms with Gasteiger partial charge in [0.25, 0.3) is 11.8 Å². The van der Waals surface area contributed by atoms with Crippen molar-refractivity contribution in [3.05, 3.63) is 47.3 Å². The summed E-state index contributed by atoms with van der Waals surface area (Å²) in [4.78, 5) is 32.7. The summed E-state index contributed by atoms with van der Waals surface area (Å²) in [6.45, 7) is 3.49. The Bertz CT molecular complexity index is 924. The van der Waals surface area contributed by atoms with E-state index < -0.39 is 11.7 Å². The van der Waals surface area contributed by atoms with Gasteiger partial charge < -0.3 is 14.8 Å². The van der Waals surface area contributed by atoms with Crippen LogP contribution < -0.4 is 5.32 Å². The summed E-state index contributed by atoms with van der Waals surface area (Å²) in [6.07, 6.45) is 6.70. The summed E-state index contributed by atoms with van der Waals surface area (Å²) in [6, 6.07) is 6.27. The smallest absolute Gasteiger partial charge is 0.291 e. The minimum absolute atomic E-state index is 0.0767. The van der Waals surface area contributed by atoms with Gasteiger partial charge in [0.05, 0.1) is 11.4 Å². The third-order valence-corrected chi connectivity index (χ3v) is 6.00. The molecular weight excluding hydrogens is 371 g/mol. The van der Waals surface area contributed by atoms with E-state index >= 15 is 0 Å². The van der Waals surface area contributed by atoms with Crippen LogP contribution in [0.2, 0.25) is 0 Å². The molecule has 2 aliphatic heterocycles. The zero-order chi connectivity index (χ0) is 20.4. The van der Waals surface area contributed by atoms with Crippen LogP contribution in [-0.2, 0) is 13.0 Å². The molecule has 29 heavy (non-hydrogen) atoms. The Morgan fingerprint density at radius 3 is 2.76 bits per heavy atom. The van der Waals surface area contributed by atoms with E-state index in [0.717, 1.165) is 57.2 Å². The number of benzene rings is 1. The first-order chi connectivity index (χ1) is 14.1. The standard InChI is InChI=1S/C22H27FN4O2/c1-2-15-9-5-7-13-26(15)22(29)19-18-12-6-8-14-27(18)20(25-19)21(28)24-17-11-4-3-10-16(17)23/h3-4,10-11,15H,2,5-9,12-14H2,1H3,(H,24,28). The molecule has 1 fully saturated rings. The number of para-hydroxylation sites is 1. The highest BCUT2D eigenvalue weighted by Crippen LogP contribution is 2.27. The van der Waals surface area contributed by atoms with Gasteiger partial charge in [0.15, 0.2) is 5.82 Å². The second-order valence-corrected chi connectivity index (χ2v) is 7.83. The Hall–Kier alpha value is -2.70. The summed E-state index contributed by atoms with van der Waals surface area (Å²) >= 11 is 0. The van der Waals surface area contributed by atoms with Gasteiger partial charge in [-0.2, -0.15) is 0 Å². The molecular formula is C22H27FN4O2. The average molecular weight is 398 g/mol. The van der Waals surface area contributed by atoms with Crippen LogP contribution in [0.25, 0.3) is 0 Å². The van der Waals surface area contributed by atoms with Gasteiger partial charge in [0.1, 0.15) is 11.5 Å². The van der Waals surface area contributed by atoms with E-state index in [2.05, 4.69) is 17.2 Å². The Labute approximate surface area is 170 Å². The topological polar surface area (TPSA) is 67.2 Å². The van der Waals surface area contributed by atoms with Crippen LogP contribution >= 0.6 is 0 Å². The minimum atomic E-state index is -0.498. The van der Waals surface area contributed by atoms with Crippen molar-refractivity contribution in [2.24, 2.45) is 0 Å². The van der Waals surface area contributed by atoms with Gasteiger partial charge in [0.2, 0.25) is 0 Å². The lowest BCUT2D eigenvalue weighted by molar-refractivity contribution is 0.0600. The molecule has 4 rings (SSSR count). The number of nitrogens with one attached hydrogen (secondary N) is 1. The van der Waals surface area contributed by atoms with E-state index in [0.29, 0.717) is 12.2 Å². The number of halogens is 1. The van der Waals surface area contributed by atoms with Crippen LogP contribution in [0.5, 0.6) is 0 Å². The molecule has 1 unspecified atom stereocenters. The number of hydrogen-bond donors (Lipinski definition) is 1. The SMILES string of the molecule is CCC1CCCCN1C(=O)c1nc(C(=O)Nc2ccccc2F)n2c1CCCC2. The largest absolute Gasteiger partial charge is 0.334 e. The number of piperidine rings is 1. The lowest BCUT2D eigenvalue weighted by Gasteiger charge is -2.35. The fourth-order valence-corrected chi connectivity index (χ4v) is 4.46. The molecule has 0 aliphatic carbocycles. The molecule has 154 valence electrons. The lowest BCUT2D eigenvalue weighted by atomic mass is 9.99. The number of hydrogen-bond acceptors (Lipinski definition) is 3. The summed E-state index contributed by atoms with van der Waals surface area (Å²) < 4.78 is 15.8. The molecule has 3 heterocycles. The van der Waals surface area contributed by atoms with Gasteiger partial charge in [-0.1, -0.05) is 19.1 Å². The summed E-state index contributed by atoms with van der Waals surface area (Å²) in [5.41, 5.74) is 1.34. The number of carbonyl (C=O) groups is 2. The first kappa shape index (κ1) is 19.6. The Morgan fingerprint density at radius 2 is 1.97 bits per heavy atom. The van der Waals surface area contributed by atoms with Crippen molar-refractivity contribution in [3.63, 3.8) is 0 Å². The van der Waals surface area contributed by atoms with Crippen molar-refractivity contribution in [3.8, 4) is 0 Å². The number of rotatable bonds is 4. The molecule has 0 saturated carbocycles. The maximum Gasteiger partial charge on any atom is 0.291 e. The molecule has 1 N–H and O–H groups in total. The predicted molar refractivity (Wildman–Crippen MR) is 108 cm³/mol. The molecule has 7 heteroatoms. The zero-order valence-corrected chi connectivity index (χ0v) is 16.8. The van der Waals surface area contributed by atoms with Crippen LogP contribution in [0.1, 0.15) is 72.3 Å². The second kappa shape index (κ2) is 8.35.